The molecule has 0 aromatic heterocycles. The molecule has 7 nitrogen and oxygen atoms in total. The molecule has 1 heterocycles. The molecule has 1 atom stereocenters. The monoisotopic (exact) mass is 425 g/mol. The molecule has 0 bridgehead atoms. The van der Waals surface area contributed by atoms with Crippen molar-refractivity contribution in [1.29, 1.82) is 0 Å². The van der Waals surface area contributed by atoms with Crippen LogP contribution in [0, 0.1) is 5.92 Å². The number of halogens is 1. The standard InChI is InChI=1S/C21H28ClNO6/c1-20(2,3)29-19(26)23-15(12-13-6-8-14(22)9-7-13)10-11-16-17(24)27-21(4,5)28-18(16)25/h6-9,15-16H,10-12H2,1-5H3,(H,23,26)/t15-/m1/s1. The van der Waals surface area contributed by atoms with E-state index >= 15 is 0 Å². The SMILES string of the molecule is CC(C)(C)OC(=O)N[C@H](CCC1C(=O)OC(C)(C)OC1=O)Cc1ccc(Cl)cc1. The molecule has 0 spiro atoms. The Morgan fingerprint density at radius 1 is 1.17 bits per heavy atom. The van der Waals surface area contributed by atoms with Gasteiger partial charge in [-0.3, -0.25) is 9.59 Å². The minimum absolute atomic E-state index is 0.182. The van der Waals surface area contributed by atoms with Crippen molar-refractivity contribution >= 4 is 29.6 Å². The molecule has 0 aliphatic carbocycles. The highest BCUT2D eigenvalue weighted by atomic mass is 35.5. The molecule has 1 aliphatic heterocycles. The Hall–Kier alpha value is -2.28. The average molecular weight is 426 g/mol. The molecule has 0 radical (unpaired) electrons. The van der Waals surface area contributed by atoms with E-state index in [4.69, 9.17) is 25.8 Å². The van der Waals surface area contributed by atoms with E-state index in [2.05, 4.69) is 5.32 Å². The maximum Gasteiger partial charge on any atom is 0.407 e. The number of cyclic esters (lactones) is 2. The number of ether oxygens (including phenoxy) is 3. The van der Waals surface area contributed by atoms with Crippen LogP contribution in [0.25, 0.3) is 0 Å². The zero-order valence-corrected chi connectivity index (χ0v) is 18.2. The number of benzene rings is 1. The highest BCUT2D eigenvalue weighted by molar-refractivity contribution is 6.30. The number of hydrogen-bond acceptors (Lipinski definition) is 6. The van der Waals surface area contributed by atoms with Crippen molar-refractivity contribution < 1.29 is 28.6 Å². The molecule has 1 saturated heterocycles. The summed E-state index contributed by atoms with van der Waals surface area (Å²) in [5.74, 6) is -3.51. The van der Waals surface area contributed by atoms with Crippen LogP contribution in [0.4, 0.5) is 4.79 Å². The summed E-state index contributed by atoms with van der Waals surface area (Å²) in [6.45, 7) is 8.34. The first-order chi connectivity index (χ1) is 13.3. The van der Waals surface area contributed by atoms with E-state index in [9.17, 15) is 14.4 Å². The summed E-state index contributed by atoms with van der Waals surface area (Å²) in [4.78, 5) is 36.6. The molecule has 0 saturated carbocycles. The molecule has 1 aliphatic rings. The van der Waals surface area contributed by atoms with Gasteiger partial charge in [-0.15, -0.1) is 0 Å². The molecule has 0 unspecified atom stereocenters. The lowest BCUT2D eigenvalue weighted by molar-refractivity contribution is -0.240. The van der Waals surface area contributed by atoms with Gasteiger partial charge in [0.1, 0.15) is 5.60 Å². The molecule has 29 heavy (non-hydrogen) atoms. The fraction of sp³-hybridized carbons (Fsp3) is 0.571. The van der Waals surface area contributed by atoms with Crippen molar-refractivity contribution in [3.63, 3.8) is 0 Å². The number of carbonyl (C=O) groups is 3. The third-order valence-electron chi connectivity index (χ3n) is 4.18. The van der Waals surface area contributed by atoms with Crippen molar-refractivity contribution in [2.24, 2.45) is 5.92 Å². The summed E-state index contributed by atoms with van der Waals surface area (Å²) in [7, 11) is 0. The van der Waals surface area contributed by atoms with Crippen molar-refractivity contribution in [3.05, 3.63) is 34.9 Å². The van der Waals surface area contributed by atoms with E-state index in [0.29, 0.717) is 17.9 Å². The van der Waals surface area contributed by atoms with Crippen LogP contribution in [0.15, 0.2) is 24.3 Å². The largest absolute Gasteiger partial charge is 0.444 e. The van der Waals surface area contributed by atoms with Gasteiger partial charge in [-0.1, -0.05) is 23.7 Å². The summed E-state index contributed by atoms with van der Waals surface area (Å²) in [6.07, 6.45) is 0.462. The highest BCUT2D eigenvalue weighted by Crippen LogP contribution is 2.26. The van der Waals surface area contributed by atoms with Gasteiger partial charge in [0.15, 0.2) is 5.92 Å². The quantitative estimate of drug-likeness (QED) is 0.547. The van der Waals surface area contributed by atoms with Crippen LogP contribution < -0.4 is 5.32 Å². The third kappa shape index (κ3) is 7.57. The lowest BCUT2D eigenvalue weighted by Gasteiger charge is -2.33. The Labute approximate surface area is 176 Å². The second-order valence-electron chi connectivity index (χ2n) is 8.55. The second kappa shape index (κ2) is 9.03. The molecule has 1 aromatic carbocycles. The van der Waals surface area contributed by atoms with Gasteiger partial charge in [0, 0.05) is 24.9 Å². The highest BCUT2D eigenvalue weighted by Gasteiger charge is 2.43. The lowest BCUT2D eigenvalue weighted by atomic mass is 9.95. The number of alkyl carbamates (subject to hydrolysis) is 1. The van der Waals surface area contributed by atoms with Gasteiger partial charge in [0.25, 0.3) is 5.79 Å². The molecule has 1 aromatic rings. The summed E-state index contributed by atoms with van der Waals surface area (Å²) in [6, 6.07) is 6.88. The number of carbonyl (C=O) groups excluding carboxylic acids is 3. The van der Waals surface area contributed by atoms with Crippen molar-refractivity contribution in [1.82, 2.24) is 5.32 Å². The van der Waals surface area contributed by atoms with Crippen LogP contribution in [0.2, 0.25) is 5.02 Å². The van der Waals surface area contributed by atoms with Crippen molar-refractivity contribution in [3.8, 4) is 0 Å². The van der Waals surface area contributed by atoms with Gasteiger partial charge in [-0.25, -0.2) is 4.79 Å². The van der Waals surface area contributed by atoms with Crippen LogP contribution in [0.5, 0.6) is 0 Å². The van der Waals surface area contributed by atoms with Gasteiger partial charge in [-0.2, -0.15) is 0 Å². The molecular formula is C21H28ClNO6. The molecule has 1 amide bonds. The Bertz CT molecular complexity index is 733. The topological polar surface area (TPSA) is 90.9 Å². The molecule has 1 fully saturated rings. The van der Waals surface area contributed by atoms with Crippen LogP contribution in [0.1, 0.15) is 53.0 Å². The van der Waals surface area contributed by atoms with Crippen LogP contribution in [0.3, 0.4) is 0 Å². The number of nitrogens with one attached hydrogen (secondary N) is 1. The van der Waals surface area contributed by atoms with E-state index in [1.807, 2.05) is 12.1 Å². The summed E-state index contributed by atoms with van der Waals surface area (Å²) >= 11 is 5.93. The van der Waals surface area contributed by atoms with E-state index in [1.165, 1.54) is 13.8 Å². The fourth-order valence-corrected chi connectivity index (χ4v) is 3.08. The first-order valence-corrected chi connectivity index (χ1v) is 9.92. The minimum atomic E-state index is -1.26. The molecule has 160 valence electrons. The Morgan fingerprint density at radius 2 is 1.72 bits per heavy atom. The first-order valence-electron chi connectivity index (χ1n) is 9.54. The van der Waals surface area contributed by atoms with E-state index < -0.39 is 35.3 Å². The zero-order valence-electron chi connectivity index (χ0n) is 17.4. The van der Waals surface area contributed by atoms with Gasteiger partial charge < -0.3 is 19.5 Å². The average Bonchev–Trinajstić information content (AvgIpc) is 2.53. The Morgan fingerprint density at radius 3 is 2.24 bits per heavy atom. The molecule has 8 heteroatoms. The smallest absolute Gasteiger partial charge is 0.407 e. The number of amides is 1. The predicted molar refractivity (Wildman–Crippen MR) is 107 cm³/mol. The van der Waals surface area contributed by atoms with Crippen LogP contribution in [-0.4, -0.2) is 35.5 Å². The van der Waals surface area contributed by atoms with E-state index in [0.717, 1.165) is 5.56 Å². The van der Waals surface area contributed by atoms with E-state index in [1.54, 1.807) is 32.9 Å². The maximum absolute atomic E-state index is 12.2. The molecular weight excluding hydrogens is 398 g/mol. The van der Waals surface area contributed by atoms with Gasteiger partial charge in [0.05, 0.1) is 0 Å². The van der Waals surface area contributed by atoms with Gasteiger partial charge in [-0.05, 0) is 57.7 Å². The second-order valence-corrected chi connectivity index (χ2v) is 8.98. The normalized spacial score (nSPS) is 17.9. The Balaban J connectivity index is 2.06. The summed E-state index contributed by atoms with van der Waals surface area (Å²) in [5.41, 5.74) is 0.308. The number of esters is 2. The van der Waals surface area contributed by atoms with E-state index in [-0.39, 0.29) is 12.5 Å². The minimum Gasteiger partial charge on any atom is -0.444 e. The molecule has 1 N–H and O–H groups in total. The maximum atomic E-state index is 12.2. The molecule has 2 rings (SSSR count). The number of rotatable bonds is 6. The zero-order chi connectivity index (χ0) is 21.8. The predicted octanol–water partition coefficient (Wildman–Crippen LogP) is 4.01. The lowest BCUT2D eigenvalue weighted by Crippen LogP contribution is -2.47. The number of hydrogen-bond donors (Lipinski definition) is 1. The fourth-order valence-electron chi connectivity index (χ4n) is 2.95. The summed E-state index contributed by atoms with van der Waals surface area (Å²) in [5, 5.41) is 3.44. The van der Waals surface area contributed by atoms with Gasteiger partial charge in [0.2, 0.25) is 0 Å². The first kappa shape index (κ1) is 23.0. The third-order valence-corrected chi connectivity index (χ3v) is 4.43. The van der Waals surface area contributed by atoms with Crippen LogP contribution in [-0.2, 0) is 30.2 Å². The summed E-state index contributed by atoms with van der Waals surface area (Å²) < 4.78 is 15.6. The van der Waals surface area contributed by atoms with Crippen molar-refractivity contribution in [2.75, 3.05) is 0 Å². The Kier molecular flexibility index (Phi) is 7.16. The van der Waals surface area contributed by atoms with Crippen molar-refractivity contribution in [2.45, 2.75) is 71.3 Å². The van der Waals surface area contributed by atoms with Crippen LogP contribution >= 0.6 is 11.6 Å². The van der Waals surface area contributed by atoms with Gasteiger partial charge >= 0.3 is 18.0 Å².